The van der Waals surface area contributed by atoms with Crippen LogP contribution in [-0.2, 0) is 0 Å². The highest BCUT2D eigenvalue weighted by Gasteiger charge is 2.42. The van der Waals surface area contributed by atoms with Crippen molar-refractivity contribution in [1.82, 2.24) is 15.3 Å². The van der Waals surface area contributed by atoms with E-state index >= 15 is 0 Å². The summed E-state index contributed by atoms with van der Waals surface area (Å²) in [5, 5.41) is 3.72. The normalized spacial score (nSPS) is 26.2. The Morgan fingerprint density at radius 2 is 2.21 bits per heavy atom. The second kappa shape index (κ2) is 6.30. The van der Waals surface area contributed by atoms with Gasteiger partial charge in [-0.05, 0) is 55.8 Å². The highest BCUT2D eigenvalue weighted by Crippen LogP contribution is 2.51. The molecule has 2 unspecified atom stereocenters. The molecule has 1 aliphatic carbocycles. The van der Waals surface area contributed by atoms with Crippen LogP contribution in [0.3, 0.4) is 0 Å². The molecule has 0 radical (unpaired) electrons. The molecule has 1 N–H and O–H groups in total. The molecule has 1 saturated heterocycles. The van der Waals surface area contributed by atoms with E-state index in [1.54, 1.807) is 12.5 Å². The van der Waals surface area contributed by atoms with Crippen LogP contribution in [-0.4, -0.2) is 23.1 Å². The van der Waals surface area contributed by atoms with Crippen molar-refractivity contribution in [3.8, 4) is 11.5 Å². The topological polar surface area (TPSA) is 47.0 Å². The number of halogens is 2. The summed E-state index contributed by atoms with van der Waals surface area (Å²) in [4.78, 5) is 8.57. The van der Waals surface area contributed by atoms with Crippen molar-refractivity contribution in [2.24, 2.45) is 5.41 Å². The molecular weight excluding hydrogens is 329 g/mol. The third-order valence-corrected chi connectivity index (χ3v) is 5.54. The molecule has 2 aromatic rings. The second-order valence-electron chi connectivity index (χ2n) is 6.82. The van der Waals surface area contributed by atoms with E-state index in [0.29, 0.717) is 22.8 Å². The Labute approximate surface area is 145 Å². The Morgan fingerprint density at radius 1 is 1.29 bits per heavy atom. The van der Waals surface area contributed by atoms with Crippen LogP contribution in [0.15, 0.2) is 30.7 Å². The van der Waals surface area contributed by atoms with Crippen molar-refractivity contribution < 1.29 is 9.13 Å². The van der Waals surface area contributed by atoms with Crippen molar-refractivity contribution in [1.29, 1.82) is 0 Å². The predicted molar refractivity (Wildman–Crippen MR) is 90.0 cm³/mol. The molecule has 4 nitrogen and oxygen atoms in total. The Kier molecular flexibility index (Phi) is 4.14. The fourth-order valence-electron chi connectivity index (χ4n) is 4.01. The maximum Gasteiger partial charge on any atom is 0.167 e. The van der Waals surface area contributed by atoms with Crippen molar-refractivity contribution in [3.05, 3.63) is 47.3 Å². The minimum Gasteiger partial charge on any atom is -0.452 e. The van der Waals surface area contributed by atoms with Crippen molar-refractivity contribution in [2.75, 3.05) is 13.1 Å². The van der Waals surface area contributed by atoms with Gasteiger partial charge in [-0.1, -0.05) is 11.6 Å². The molecule has 126 valence electrons. The van der Waals surface area contributed by atoms with E-state index in [4.69, 9.17) is 16.3 Å². The molecule has 0 amide bonds. The van der Waals surface area contributed by atoms with Crippen LogP contribution in [0, 0.1) is 11.2 Å². The maximum atomic E-state index is 13.2. The van der Waals surface area contributed by atoms with Crippen LogP contribution in [0.5, 0.6) is 11.5 Å². The number of rotatable bonds is 3. The largest absolute Gasteiger partial charge is 0.452 e. The summed E-state index contributed by atoms with van der Waals surface area (Å²) in [7, 11) is 0. The summed E-state index contributed by atoms with van der Waals surface area (Å²) in [6, 6.07) is 4.11. The molecule has 2 atom stereocenters. The molecule has 1 aromatic heterocycles. The van der Waals surface area contributed by atoms with Gasteiger partial charge in [0.05, 0.1) is 16.9 Å². The van der Waals surface area contributed by atoms with E-state index in [1.165, 1.54) is 31.0 Å². The summed E-state index contributed by atoms with van der Waals surface area (Å²) in [6.07, 6.45) is 7.89. The van der Waals surface area contributed by atoms with Crippen molar-refractivity contribution in [3.63, 3.8) is 0 Å². The first-order valence-corrected chi connectivity index (χ1v) is 8.67. The number of aromatic nitrogens is 2. The minimum absolute atomic E-state index is 0.243. The van der Waals surface area contributed by atoms with Crippen LogP contribution >= 0.6 is 11.6 Å². The first-order chi connectivity index (χ1) is 11.7. The van der Waals surface area contributed by atoms with Gasteiger partial charge in [0.15, 0.2) is 5.75 Å². The molecule has 1 spiro atoms. The van der Waals surface area contributed by atoms with Gasteiger partial charge in [0, 0.05) is 12.5 Å². The van der Waals surface area contributed by atoms with Gasteiger partial charge in [-0.25, -0.2) is 14.4 Å². The van der Waals surface area contributed by atoms with Gasteiger partial charge in [0.1, 0.15) is 17.9 Å². The quantitative estimate of drug-likeness (QED) is 0.898. The summed E-state index contributed by atoms with van der Waals surface area (Å²) >= 11 is 6.08. The molecule has 6 heteroatoms. The number of benzene rings is 1. The van der Waals surface area contributed by atoms with Crippen molar-refractivity contribution in [2.45, 2.75) is 31.6 Å². The van der Waals surface area contributed by atoms with Crippen LogP contribution < -0.4 is 10.1 Å². The predicted octanol–water partition coefficient (Wildman–Crippen LogP) is 4.31. The van der Waals surface area contributed by atoms with Gasteiger partial charge < -0.3 is 10.1 Å². The van der Waals surface area contributed by atoms with E-state index in [9.17, 15) is 4.39 Å². The fourth-order valence-corrected chi connectivity index (χ4v) is 4.22. The van der Waals surface area contributed by atoms with E-state index in [0.717, 1.165) is 31.6 Å². The molecule has 2 aliphatic rings. The molecule has 2 fully saturated rings. The monoisotopic (exact) mass is 347 g/mol. The average molecular weight is 348 g/mol. The molecule has 1 aliphatic heterocycles. The lowest BCUT2D eigenvalue weighted by Crippen LogP contribution is -2.20. The third kappa shape index (κ3) is 2.98. The van der Waals surface area contributed by atoms with Crippen LogP contribution in [0.1, 0.15) is 37.3 Å². The van der Waals surface area contributed by atoms with Gasteiger partial charge in [0.25, 0.3) is 0 Å². The molecular formula is C18H19ClFN3O. The second-order valence-corrected chi connectivity index (χ2v) is 7.22. The Balaban J connectivity index is 1.59. The number of nitrogens with one attached hydrogen (secondary N) is 1. The Morgan fingerprint density at radius 3 is 3.00 bits per heavy atom. The number of hydrogen-bond donors (Lipinski definition) is 1. The van der Waals surface area contributed by atoms with E-state index in [-0.39, 0.29) is 10.8 Å². The zero-order valence-electron chi connectivity index (χ0n) is 13.3. The lowest BCUT2D eigenvalue weighted by atomic mass is 9.84. The first kappa shape index (κ1) is 15.8. The van der Waals surface area contributed by atoms with Crippen LogP contribution in [0.4, 0.5) is 4.39 Å². The fraction of sp³-hybridized carbons (Fsp3) is 0.444. The smallest absolute Gasteiger partial charge is 0.167 e. The molecule has 1 aromatic carbocycles. The molecule has 0 bridgehead atoms. The first-order valence-electron chi connectivity index (χ1n) is 8.29. The summed E-state index contributed by atoms with van der Waals surface area (Å²) < 4.78 is 19.1. The minimum atomic E-state index is -0.386. The number of ether oxygens (including phenoxy) is 1. The van der Waals surface area contributed by atoms with E-state index in [2.05, 4.69) is 15.3 Å². The van der Waals surface area contributed by atoms with E-state index in [1.807, 2.05) is 0 Å². The van der Waals surface area contributed by atoms with Gasteiger partial charge >= 0.3 is 0 Å². The summed E-state index contributed by atoms with van der Waals surface area (Å²) in [5.74, 6) is 1.01. The lowest BCUT2D eigenvalue weighted by molar-refractivity contribution is 0.329. The van der Waals surface area contributed by atoms with Crippen molar-refractivity contribution >= 4 is 11.6 Å². The van der Waals surface area contributed by atoms with Gasteiger partial charge in [-0.3, -0.25) is 0 Å². The standard InChI is InChI=1S/C18H19ClFN3O/c19-14-7-13(20)1-2-15(14)24-16-9-22-11-23-17(16)12-3-4-18(8-12)5-6-21-10-18/h1-2,7,9,11-12,21H,3-6,8,10H2. The Bertz CT molecular complexity index is 749. The zero-order valence-corrected chi connectivity index (χ0v) is 14.0. The van der Waals surface area contributed by atoms with Gasteiger partial charge in [0.2, 0.25) is 0 Å². The molecule has 4 rings (SSSR count). The van der Waals surface area contributed by atoms with E-state index < -0.39 is 0 Å². The van der Waals surface area contributed by atoms with Crippen LogP contribution in [0.25, 0.3) is 0 Å². The van der Waals surface area contributed by atoms with Gasteiger partial charge in [-0.2, -0.15) is 0 Å². The number of hydrogen-bond acceptors (Lipinski definition) is 4. The summed E-state index contributed by atoms with van der Waals surface area (Å²) in [6.45, 7) is 2.19. The number of nitrogens with zero attached hydrogens (tertiary/aromatic N) is 2. The SMILES string of the molecule is Fc1ccc(Oc2cncnc2C2CCC3(CCNC3)C2)c(Cl)c1. The molecule has 2 heterocycles. The Hall–Kier alpha value is -1.72. The highest BCUT2D eigenvalue weighted by molar-refractivity contribution is 6.32. The average Bonchev–Trinajstić information content (AvgIpc) is 3.21. The maximum absolute atomic E-state index is 13.2. The lowest BCUT2D eigenvalue weighted by Gasteiger charge is -2.22. The highest BCUT2D eigenvalue weighted by atomic mass is 35.5. The zero-order chi connectivity index (χ0) is 16.6. The summed E-state index contributed by atoms with van der Waals surface area (Å²) in [5.41, 5.74) is 1.33. The van der Waals surface area contributed by atoms with Gasteiger partial charge in [-0.15, -0.1) is 0 Å². The molecule has 1 saturated carbocycles. The third-order valence-electron chi connectivity index (χ3n) is 5.24. The van der Waals surface area contributed by atoms with Crippen LogP contribution in [0.2, 0.25) is 5.02 Å². The molecule has 24 heavy (non-hydrogen) atoms.